The summed E-state index contributed by atoms with van der Waals surface area (Å²) in [5.74, 6) is -1.12. The van der Waals surface area contributed by atoms with Crippen molar-refractivity contribution in [1.82, 2.24) is 4.90 Å². The number of aliphatic carboxylic acids is 1. The van der Waals surface area contributed by atoms with Crippen LogP contribution in [0.1, 0.15) is 25.3 Å². The summed E-state index contributed by atoms with van der Waals surface area (Å²) < 4.78 is 18.5. The minimum absolute atomic E-state index is 0.00686. The van der Waals surface area contributed by atoms with Gasteiger partial charge in [0, 0.05) is 19.5 Å². The Kier molecular flexibility index (Phi) is 6.10. The Labute approximate surface area is 135 Å². The number of amides is 1. The lowest BCUT2D eigenvalue weighted by atomic mass is 9.97. The van der Waals surface area contributed by atoms with Crippen LogP contribution in [0.25, 0.3) is 0 Å². The number of hydrogen-bond acceptors (Lipinski definition) is 3. The molecular formula is C17H22FNO4. The zero-order chi connectivity index (χ0) is 16.8. The van der Waals surface area contributed by atoms with Gasteiger partial charge >= 0.3 is 5.97 Å². The molecule has 1 heterocycles. The van der Waals surface area contributed by atoms with E-state index in [1.165, 1.54) is 12.1 Å². The van der Waals surface area contributed by atoms with Crippen molar-refractivity contribution in [3.05, 3.63) is 35.6 Å². The molecule has 1 N–H and O–H groups in total. The first kappa shape index (κ1) is 17.4. The molecule has 1 aliphatic heterocycles. The first-order chi connectivity index (χ1) is 10.9. The number of carbonyl (C=O) groups excluding carboxylic acids is 1. The van der Waals surface area contributed by atoms with Gasteiger partial charge in [-0.1, -0.05) is 19.1 Å². The second-order valence-electron chi connectivity index (χ2n) is 6.07. The monoisotopic (exact) mass is 323 g/mol. The number of nitrogens with zero attached hydrogens (tertiary/aromatic N) is 1. The van der Waals surface area contributed by atoms with Crippen LogP contribution in [0.4, 0.5) is 4.39 Å². The number of carboxylic acids is 1. The fourth-order valence-corrected chi connectivity index (χ4v) is 2.83. The van der Waals surface area contributed by atoms with Crippen molar-refractivity contribution in [2.75, 3.05) is 19.7 Å². The van der Waals surface area contributed by atoms with Crippen LogP contribution in [0, 0.1) is 11.7 Å². The van der Waals surface area contributed by atoms with E-state index in [2.05, 4.69) is 0 Å². The van der Waals surface area contributed by atoms with Crippen LogP contribution in [0.2, 0.25) is 0 Å². The maximum Gasteiger partial charge on any atom is 0.306 e. The third-order valence-corrected chi connectivity index (χ3v) is 3.89. The van der Waals surface area contributed by atoms with Crippen molar-refractivity contribution in [2.45, 2.75) is 32.3 Å². The largest absolute Gasteiger partial charge is 0.481 e. The van der Waals surface area contributed by atoms with Crippen molar-refractivity contribution in [3.8, 4) is 0 Å². The van der Waals surface area contributed by atoms with Gasteiger partial charge in [-0.3, -0.25) is 9.59 Å². The van der Waals surface area contributed by atoms with Crippen molar-refractivity contribution < 1.29 is 23.8 Å². The molecule has 1 aromatic carbocycles. The molecule has 1 aliphatic rings. The third-order valence-electron chi connectivity index (χ3n) is 3.89. The minimum Gasteiger partial charge on any atom is -0.481 e. The highest BCUT2D eigenvalue weighted by Crippen LogP contribution is 2.16. The van der Waals surface area contributed by atoms with Crippen LogP contribution < -0.4 is 0 Å². The summed E-state index contributed by atoms with van der Waals surface area (Å²) in [6, 6.07) is 6.40. The molecule has 2 atom stereocenters. The molecule has 0 saturated carbocycles. The smallest absolute Gasteiger partial charge is 0.306 e. The summed E-state index contributed by atoms with van der Waals surface area (Å²) in [5.41, 5.74) is 0.871. The van der Waals surface area contributed by atoms with Crippen molar-refractivity contribution in [2.24, 2.45) is 5.92 Å². The second-order valence-corrected chi connectivity index (χ2v) is 6.07. The standard InChI is InChI=1S/C17H22FNO4/c1-12(7-13-3-2-4-14(18)9-13)8-16(20)19-5-6-23-15(11-19)10-17(21)22/h2-4,9,12,15H,5-8,10-11H2,1H3,(H,21,22)/t12-,15+/m0/s1. The van der Waals surface area contributed by atoms with Gasteiger partial charge in [0.05, 0.1) is 19.1 Å². The van der Waals surface area contributed by atoms with E-state index in [4.69, 9.17) is 9.84 Å². The number of morpholine rings is 1. The van der Waals surface area contributed by atoms with E-state index in [9.17, 15) is 14.0 Å². The zero-order valence-corrected chi connectivity index (χ0v) is 13.2. The molecule has 5 nitrogen and oxygen atoms in total. The average molecular weight is 323 g/mol. The zero-order valence-electron chi connectivity index (χ0n) is 13.2. The Morgan fingerprint density at radius 2 is 2.26 bits per heavy atom. The lowest BCUT2D eigenvalue weighted by molar-refractivity contribution is -0.148. The first-order valence-electron chi connectivity index (χ1n) is 7.79. The summed E-state index contributed by atoms with van der Waals surface area (Å²) in [4.78, 5) is 24.8. The van der Waals surface area contributed by atoms with Crippen molar-refractivity contribution in [3.63, 3.8) is 0 Å². The number of carboxylic acid groups (broad SMARTS) is 1. The fraction of sp³-hybridized carbons (Fsp3) is 0.529. The molecule has 0 aliphatic carbocycles. The molecule has 1 aromatic rings. The van der Waals surface area contributed by atoms with Gasteiger partial charge in [-0.15, -0.1) is 0 Å². The second kappa shape index (κ2) is 8.06. The van der Waals surface area contributed by atoms with E-state index in [1.54, 1.807) is 11.0 Å². The lowest BCUT2D eigenvalue weighted by Crippen LogP contribution is -2.46. The molecule has 0 aromatic heterocycles. The summed E-state index contributed by atoms with van der Waals surface area (Å²) >= 11 is 0. The van der Waals surface area contributed by atoms with Gasteiger partial charge in [-0.2, -0.15) is 0 Å². The molecule has 126 valence electrons. The maximum absolute atomic E-state index is 13.2. The van der Waals surface area contributed by atoms with Crippen molar-refractivity contribution >= 4 is 11.9 Å². The Morgan fingerprint density at radius 3 is 2.96 bits per heavy atom. The highest BCUT2D eigenvalue weighted by atomic mass is 19.1. The topological polar surface area (TPSA) is 66.8 Å². The number of rotatable bonds is 6. The van der Waals surface area contributed by atoms with Crippen LogP contribution >= 0.6 is 0 Å². The van der Waals surface area contributed by atoms with E-state index in [0.717, 1.165) is 5.56 Å². The molecule has 1 fully saturated rings. The maximum atomic E-state index is 13.2. The van der Waals surface area contributed by atoms with E-state index < -0.39 is 12.1 Å². The summed E-state index contributed by atoms with van der Waals surface area (Å²) in [6.45, 7) is 3.12. The molecule has 0 spiro atoms. The van der Waals surface area contributed by atoms with E-state index in [-0.39, 0.29) is 24.1 Å². The van der Waals surface area contributed by atoms with E-state index >= 15 is 0 Å². The van der Waals surface area contributed by atoms with Crippen LogP contribution in [0.5, 0.6) is 0 Å². The highest BCUT2D eigenvalue weighted by Gasteiger charge is 2.26. The molecule has 0 unspecified atom stereocenters. The predicted molar refractivity (Wildman–Crippen MR) is 82.5 cm³/mol. The molecule has 2 rings (SSSR count). The molecule has 1 saturated heterocycles. The summed E-state index contributed by atoms with van der Waals surface area (Å²) in [7, 11) is 0. The Hall–Kier alpha value is -1.95. The van der Waals surface area contributed by atoms with Gasteiger partial charge < -0.3 is 14.7 Å². The van der Waals surface area contributed by atoms with Gasteiger partial charge in [0.2, 0.25) is 5.91 Å². The summed E-state index contributed by atoms with van der Waals surface area (Å²) in [5, 5.41) is 8.81. The van der Waals surface area contributed by atoms with Crippen LogP contribution in [0.3, 0.4) is 0 Å². The van der Waals surface area contributed by atoms with Crippen LogP contribution in [-0.2, 0) is 20.7 Å². The lowest BCUT2D eigenvalue weighted by Gasteiger charge is -2.33. The van der Waals surface area contributed by atoms with Crippen LogP contribution in [-0.4, -0.2) is 47.7 Å². The first-order valence-corrected chi connectivity index (χ1v) is 7.79. The van der Waals surface area contributed by atoms with E-state index in [0.29, 0.717) is 32.5 Å². The number of carbonyl (C=O) groups is 2. The van der Waals surface area contributed by atoms with E-state index in [1.807, 2.05) is 13.0 Å². The highest BCUT2D eigenvalue weighted by molar-refractivity contribution is 5.76. The molecule has 0 radical (unpaired) electrons. The number of hydrogen-bond donors (Lipinski definition) is 1. The van der Waals surface area contributed by atoms with Gasteiger partial charge in [-0.05, 0) is 30.0 Å². The molecule has 0 bridgehead atoms. The molecular weight excluding hydrogens is 301 g/mol. The normalized spacial score (nSPS) is 19.4. The van der Waals surface area contributed by atoms with Gasteiger partial charge in [-0.25, -0.2) is 4.39 Å². The van der Waals surface area contributed by atoms with Gasteiger partial charge in [0.15, 0.2) is 0 Å². The molecule has 6 heteroatoms. The average Bonchev–Trinajstić information content (AvgIpc) is 2.46. The number of benzene rings is 1. The molecule has 23 heavy (non-hydrogen) atoms. The van der Waals surface area contributed by atoms with Crippen LogP contribution in [0.15, 0.2) is 24.3 Å². The predicted octanol–water partition coefficient (Wildman–Crippen LogP) is 2.10. The minimum atomic E-state index is -0.927. The fourth-order valence-electron chi connectivity index (χ4n) is 2.83. The number of halogens is 1. The SMILES string of the molecule is C[C@H](CC(=O)N1CCO[C@H](CC(=O)O)C1)Cc1cccc(F)c1. The number of ether oxygens (including phenoxy) is 1. The third kappa shape index (κ3) is 5.63. The molecule has 1 amide bonds. The Bertz CT molecular complexity index is 563. The van der Waals surface area contributed by atoms with Gasteiger partial charge in [0.1, 0.15) is 5.82 Å². The van der Waals surface area contributed by atoms with Gasteiger partial charge in [0.25, 0.3) is 0 Å². The van der Waals surface area contributed by atoms with Crippen molar-refractivity contribution in [1.29, 1.82) is 0 Å². The summed E-state index contributed by atoms with van der Waals surface area (Å²) in [6.07, 6.45) is 0.453. The quantitative estimate of drug-likeness (QED) is 0.870. The Balaban J connectivity index is 1.84. The Morgan fingerprint density at radius 1 is 1.48 bits per heavy atom.